The van der Waals surface area contributed by atoms with Crippen LogP contribution >= 0.6 is 0 Å². The molecule has 0 N–H and O–H groups in total. The maximum Gasteiger partial charge on any atom is 0.341 e. The molecule has 3 aromatic carbocycles. The van der Waals surface area contributed by atoms with Crippen LogP contribution in [0.25, 0.3) is 10.8 Å². The lowest BCUT2D eigenvalue weighted by Crippen LogP contribution is -2.48. The number of esters is 1. The van der Waals surface area contributed by atoms with Gasteiger partial charge in [0.2, 0.25) is 5.90 Å². The largest absolute Gasteiger partial charge is 0.405 e. The van der Waals surface area contributed by atoms with E-state index in [4.69, 9.17) is 9.73 Å². The van der Waals surface area contributed by atoms with Crippen molar-refractivity contribution in [3.05, 3.63) is 83.9 Å². The van der Waals surface area contributed by atoms with Gasteiger partial charge in [-0.2, -0.15) is 0 Å². The van der Waals surface area contributed by atoms with Crippen LogP contribution in [0.5, 0.6) is 0 Å². The van der Waals surface area contributed by atoms with E-state index >= 15 is 0 Å². The summed E-state index contributed by atoms with van der Waals surface area (Å²) in [6.07, 6.45) is 0.507. The van der Waals surface area contributed by atoms with E-state index in [0.717, 1.165) is 21.9 Å². The second-order valence-electron chi connectivity index (χ2n) is 8.10. The van der Waals surface area contributed by atoms with Crippen molar-refractivity contribution in [1.82, 2.24) is 0 Å². The highest BCUT2D eigenvalue weighted by molar-refractivity contribution is 6.08. The van der Waals surface area contributed by atoms with Crippen LogP contribution in [0.15, 0.2) is 77.8 Å². The molecule has 0 saturated carbocycles. The predicted molar refractivity (Wildman–Crippen MR) is 109 cm³/mol. The minimum absolute atomic E-state index is 0.276. The summed E-state index contributed by atoms with van der Waals surface area (Å²) in [6.45, 7) is 6.16. The Kier molecular flexibility index (Phi) is 4.11. The molecule has 4 rings (SSSR count). The molecule has 0 aliphatic carbocycles. The number of rotatable bonds is 3. The minimum atomic E-state index is -0.956. The topological polar surface area (TPSA) is 38.7 Å². The zero-order valence-electron chi connectivity index (χ0n) is 15.9. The summed E-state index contributed by atoms with van der Waals surface area (Å²) < 4.78 is 5.69. The molecular weight excluding hydrogens is 334 g/mol. The van der Waals surface area contributed by atoms with Crippen LogP contribution in [-0.4, -0.2) is 17.4 Å². The number of cyclic esters (lactones) is 1. The predicted octanol–water partition coefficient (Wildman–Crippen LogP) is 5.17. The average Bonchev–Trinajstić information content (AvgIpc) is 3.00. The van der Waals surface area contributed by atoms with E-state index in [-0.39, 0.29) is 5.97 Å². The van der Waals surface area contributed by atoms with E-state index in [0.29, 0.717) is 12.3 Å². The highest BCUT2D eigenvalue weighted by atomic mass is 16.6. The highest BCUT2D eigenvalue weighted by Crippen LogP contribution is 2.42. The van der Waals surface area contributed by atoms with Crippen LogP contribution in [0.1, 0.15) is 31.9 Å². The van der Waals surface area contributed by atoms with Crippen molar-refractivity contribution in [3.63, 3.8) is 0 Å². The van der Waals surface area contributed by atoms with Crippen LogP contribution in [0, 0.1) is 5.41 Å². The fourth-order valence-corrected chi connectivity index (χ4v) is 3.69. The Morgan fingerprint density at radius 3 is 2.30 bits per heavy atom. The maximum atomic E-state index is 13.1. The molecule has 1 heterocycles. The summed E-state index contributed by atoms with van der Waals surface area (Å²) >= 11 is 0. The van der Waals surface area contributed by atoms with Crippen LogP contribution in [-0.2, 0) is 16.0 Å². The lowest BCUT2D eigenvalue weighted by Gasteiger charge is -2.35. The fraction of sp³-hybridized carbons (Fsp3) is 0.250. The molecule has 3 nitrogen and oxygen atoms in total. The Hall–Kier alpha value is -2.94. The number of fused-ring (bicyclic) bond motifs is 1. The lowest BCUT2D eigenvalue weighted by atomic mass is 9.70. The molecule has 0 unspecified atom stereocenters. The number of carbonyl (C=O) groups is 1. The quantitative estimate of drug-likeness (QED) is 0.607. The zero-order valence-corrected chi connectivity index (χ0v) is 15.9. The zero-order chi connectivity index (χ0) is 19.1. The number of hydrogen-bond acceptors (Lipinski definition) is 3. The van der Waals surface area contributed by atoms with Gasteiger partial charge in [0.05, 0.1) is 0 Å². The van der Waals surface area contributed by atoms with Gasteiger partial charge in [-0.25, -0.2) is 9.79 Å². The molecule has 1 aliphatic rings. The van der Waals surface area contributed by atoms with Gasteiger partial charge in [-0.15, -0.1) is 0 Å². The van der Waals surface area contributed by atoms with Gasteiger partial charge in [0.1, 0.15) is 0 Å². The van der Waals surface area contributed by atoms with Gasteiger partial charge in [-0.05, 0) is 33.9 Å². The summed E-state index contributed by atoms with van der Waals surface area (Å²) in [6, 6.07) is 24.1. The Morgan fingerprint density at radius 1 is 0.889 bits per heavy atom. The van der Waals surface area contributed by atoms with Crippen molar-refractivity contribution in [3.8, 4) is 0 Å². The molecule has 27 heavy (non-hydrogen) atoms. The maximum absolute atomic E-state index is 13.1. The van der Waals surface area contributed by atoms with E-state index in [9.17, 15) is 4.79 Å². The monoisotopic (exact) mass is 357 g/mol. The van der Waals surface area contributed by atoms with E-state index < -0.39 is 11.0 Å². The first-order valence-corrected chi connectivity index (χ1v) is 9.25. The second-order valence-corrected chi connectivity index (χ2v) is 8.10. The third-order valence-corrected chi connectivity index (χ3v) is 5.41. The molecule has 0 fully saturated rings. The van der Waals surface area contributed by atoms with Gasteiger partial charge in [-0.1, -0.05) is 81.4 Å². The van der Waals surface area contributed by atoms with Gasteiger partial charge in [0.15, 0.2) is 5.54 Å². The first kappa shape index (κ1) is 17.5. The van der Waals surface area contributed by atoms with Crippen molar-refractivity contribution < 1.29 is 9.53 Å². The van der Waals surface area contributed by atoms with Crippen LogP contribution < -0.4 is 0 Å². The van der Waals surface area contributed by atoms with Crippen molar-refractivity contribution in [1.29, 1.82) is 0 Å². The summed E-state index contributed by atoms with van der Waals surface area (Å²) in [7, 11) is 0. The van der Waals surface area contributed by atoms with Crippen molar-refractivity contribution >= 4 is 22.6 Å². The molecule has 0 amide bonds. The van der Waals surface area contributed by atoms with Gasteiger partial charge in [-0.3, -0.25) is 0 Å². The normalized spacial score (nSPS) is 19.8. The smallest absolute Gasteiger partial charge is 0.341 e. The van der Waals surface area contributed by atoms with Gasteiger partial charge in [0, 0.05) is 12.0 Å². The van der Waals surface area contributed by atoms with E-state index in [2.05, 4.69) is 45.0 Å². The molecule has 1 atom stereocenters. The number of carbonyl (C=O) groups excluding carboxylic acids is 1. The number of nitrogens with zero attached hydrogens (tertiary/aromatic N) is 1. The molecule has 0 bridgehead atoms. The molecule has 3 heteroatoms. The molecule has 3 aromatic rings. The van der Waals surface area contributed by atoms with Crippen LogP contribution in [0.4, 0.5) is 0 Å². The van der Waals surface area contributed by atoms with E-state index in [1.807, 2.05) is 48.5 Å². The number of benzene rings is 3. The van der Waals surface area contributed by atoms with Gasteiger partial charge in [0.25, 0.3) is 0 Å². The van der Waals surface area contributed by atoms with E-state index in [1.54, 1.807) is 0 Å². The van der Waals surface area contributed by atoms with Crippen molar-refractivity contribution in [2.75, 3.05) is 0 Å². The van der Waals surface area contributed by atoms with Crippen molar-refractivity contribution in [2.24, 2.45) is 10.4 Å². The summed E-state index contributed by atoms with van der Waals surface area (Å²) in [5.41, 5.74) is 0.591. The van der Waals surface area contributed by atoms with Crippen LogP contribution in [0.2, 0.25) is 0 Å². The third kappa shape index (κ3) is 2.93. The molecule has 0 saturated heterocycles. The second kappa shape index (κ2) is 6.34. The van der Waals surface area contributed by atoms with Gasteiger partial charge < -0.3 is 4.74 Å². The van der Waals surface area contributed by atoms with Crippen LogP contribution in [0.3, 0.4) is 0 Å². The Morgan fingerprint density at radius 2 is 1.56 bits per heavy atom. The first-order chi connectivity index (χ1) is 12.9. The molecular formula is C24H23NO2. The average molecular weight is 357 g/mol. The molecule has 0 radical (unpaired) electrons. The number of hydrogen-bond donors (Lipinski definition) is 0. The number of ether oxygens (including phenoxy) is 1. The third-order valence-electron chi connectivity index (χ3n) is 5.41. The molecule has 0 spiro atoms. The summed E-state index contributed by atoms with van der Waals surface area (Å²) in [5.74, 6) is 0.137. The molecule has 1 aliphatic heterocycles. The summed E-state index contributed by atoms with van der Waals surface area (Å²) in [5, 5.41) is 2.32. The minimum Gasteiger partial charge on any atom is -0.405 e. The Balaban J connectivity index is 1.84. The summed E-state index contributed by atoms with van der Waals surface area (Å²) in [4.78, 5) is 18.0. The number of aliphatic imine (C=N–C) groups is 1. The van der Waals surface area contributed by atoms with Gasteiger partial charge >= 0.3 is 5.97 Å². The molecule has 136 valence electrons. The van der Waals surface area contributed by atoms with Crippen molar-refractivity contribution in [2.45, 2.75) is 32.7 Å². The fourth-order valence-electron chi connectivity index (χ4n) is 3.69. The van der Waals surface area contributed by atoms with E-state index in [1.165, 1.54) is 0 Å². The first-order valence-electron chi connectivity index (χ1n) is 9.25. The SMILES string of the molecule is CC(C)(C)[C@@]1(Cc2cccc3ccccc23)N=C(c2ccccc2)OC1=O. The Labute approximate surface area is 159 Å². The molecule has 0 aromatic heterocycles. The highest BCUT2D eigenvalue weighted by Gasteiger charge is 2.54. The Bertz CT molecular complexity index is 1030. The standard InChI is InChI=1S/C24H23NO2/c1-23(2,3)24(16-19-14-9-13-17-10-7-8-15-20(17)19)22(26)27-21(25-24)18-11-5-4-6-12-18/h4-15H,16H2,1-3H3/t24-/m0/s1. The lowest BCUT2D eigenvalue weighted by molar-refractivity contribution is -0.142.